The van der Waals surface area contributed by atoms with E-state index < -0.39 is 10.0 Å². The Labute approximate surface area is 159 Å². The topological polar surface area (TPSA) is 75.7 Å². The number of sulfonamides is 1. The summed E-state index contributed by atoms with van der Waals surface area (Å²) in [5, 5.41) is 2.73. The predicted molar refractivity (Wildman–Crippen MR) is 107 cm³/mol. The molecule has 6 nitrogen and oxygen atoms in total. The summed E-state index contributed by atoms with van der Waals surface area (Å²) >= 11 is 0. The summed E-state index contributed by atoms with van der Waals surface area (Å²) in [6.07, 6.45) is 3.03. The van der Waals surface area contributed by atoms with Gasteiger partial charge in [-0.2, -0.15) is 4.31 Å². The van der Waals surface area contributed by atoms with Crippen LogP contribution in [0.15, 0.2) is 78.7 Å². The number of nitrogens with one attached hydrogen (secondary N) is 1. The van der Waals surface area contributed by atoms with Crippen molar-refractivity contribution in [2.24, 2.45) is 0 Å². The van der Waals surface area contributed by atoms with Gasteiger partial charge < -0.3 is 10.1 Å². The Balaban J connectivity index is 2.20. The largest absolute Gasteiger partial charge is 0.496 e. The summed E-state index contributed by atoms with van der Waals surface area (Å²) in [7, 11) is -2.19. The number of rotatable bonds is 9. The van der Waals surface area contributed by atoms with Crippen molar-refractivity contribution in [3.63, 3.8) is 0 Å². The number of hydrogen-bond acceptors (Lipinski definition) is 4. The molecule has 1 N–H and O–H groups in total. The Bertz CT molecular complexity index is 911. The number of amides is 1. The normalized spacial score (nSPS) is 11.0. The van der Waals surface area contributed by atoms with Gasteiger partial charge in [0.1, 0.15) is 5.75 Å². The molecule has 2 aromatic carbocycles. The number of nitrogens with zero attached hydrogens (tertiary/aromatic N) is 1. The lowest BCUT2D eigenvalue weighted by Gasteiger charge is -2.19. The van der Waals surface area contributed by atoms with Crippen molar-refractivity contribution in [2.75, 3.05) is 25.5 Å². The summed E-state index contributed by atoms with van der Waals surface area (Å²) < 4.78 is 31.8. The van der Waals surface area contributed by atoms with Gasteiger partial charge in [0.15, 0.2) is 0 Å². The predicted octanol–water partition coefficient (Wildman–Crippen LogP) is 3.31. The van der Waals surface area contributed by atoms with E-state index in [-0.39, 0.29) is 23.9 Å². The summed E-state index contributed by atoms with van der Waals surface area (Å²) in [6.45, 7) is 7.53. The van der Waals surface area contributed by atoms with Crippen LogP contribution in [0, 0.1) is 0 Å². The van der Waals surface area contributed by atoms with Crippen LogP contribution in [0.4, 0.5) is 5.69 Å². The number of ether oxygens (including phenoxy) is 1. The smallest absolute Gasteiger partial charge is 0.259 e. The van der Waals surface area contributed by atoms with E-state index in [0.717, 1.165) is 0 Å². The van der Waals surface area contributed by atoms with E-state index >= 15 is 0 Å². The van der Waals surface area contributed by atoms with Crippen LogP contribution in [0.5, 0.6) is 5.75 Å². The van der Waals surface area contributed by atoms with Crippen molar-refractivity contribution in [2.45, 2.75) is 4.90 Å². The van der Waals surface area contributed by atoms with Crippen molar-refractivity contribution in [3.05, 3.63) is 79.4 Å². The zero-order valence-electron chi connectivity index (χ0n) is 15.1. The Hall–Kier alpha value is -2.90. The van der Waals surface area contributed by atoms with Crippen LogP contribution in [-0.2, 0) is 10.0 Å². The van der Waals surface area contributed by atoms with E-state index in [1.807, 2.05) is 0 Å². The molecule has 0 aliphatic carbocycles. The van der Waals surface area contributed by atoms with Crippen molar-refractivity contribution < 1.29 is 17.9 Å². The maximum atomic E-state index is 12.7. The van der Waals surface area contributed by atoms with Gasteiger partial charge in [-0.3, -0.25) is 4.79 Å². The molecule has 0 radical (unpaired) electrons. The molecule has 0 fully saturated rings. The number of para-hydroxylation sites is 1. The van der Waals surface area contributed by atoms with Gasteiger partial charge in [0.25, 0.3) is 5.91 Å². The number of carbonyl (C=O) groups is 1. The lowest BCUT2D eigenvalue weighted by molar-refractivity contribution is 0.102. The minimum absolute atomic E-state index is 0.126. The number of anilines is 1. The van der Waals surface area contributed by atoms with Gasteiger partial charge in [0, 0.05) is 18.8 Å². The third-order valence-corrected chi connectivity index (χ3v) is 5.61. The highest BCUT2D eigenvalue weighted by Crippen LogP contribution is 2.21. The molecule has 0 spiro atoms. The molecule has 1 amide bonds. The molecule has 0 aromatic heterocycles. The second-order valence-corrected chi connectivity index (χ2v) is 7.52. The first-order valence-electron chi connectivity index (χ1n) is 8.20. The molecule has 27 heavy (non-hydrogen) atoms. The second kappa shape index (κ2) is 9.16. The lowest BCUT2D eigenvalue weighted by Crippen LogP contribution is -2.31. The van der Waals surface area contributed by atoms with E-state index in [2.05, 4.69) is 18.5 Å². The van der Waals surface area contributed by atoms with Crippen molar-refractivity contribution >= 4 is 21.6 Å². The molecule has 142 valence electrons. The number of benzene rings is 2. The average Bonchev–Trinajstić information content (AvgIpc) is 2.68. The molecule has 2 rings (SSSR count). The molecule has 2 aromatic rings. The van der Waals surface area contributed by atoms with Crippen LogP contribution in [0.25, 0.3) is 0 Å². The highest BCUT2D eigenvalue weighted by Gasteiger charge is 2.22. The minimum atomic E-state index is -3.68. The van der Waals surface area contributed by atoms with E-state index in [4.69, 9.17) is 4.74 Å². The van der Waals surface area contributed by atoms with Gasteiger partial charge in [-0.1, -0.05) is 24.3 Å². The molecule has 7 heteroatoms. The zero-order valence-corrected chi connectivity index (χ0v) is 15.9. The zero-order chi connectivity index (χ0) is 19.9. The first kappa shape index (κ1) is 20.4. The van der Waals surface area contributed by atoms with Gasteiger partial charge in [-0.05, 0) is 36.4 Å². The lowest BCUT2D eigenvalue weighted by atomic mass is 10.2. The molecule has 0 aliphatic heterocycles. The molecular weight excluding hydrogens is 364 g/mol. The molecule has 0 bridgehead atoms. The van der Waals surface area contributed by atoms with Crippen LogP contribution in [0.3, 0.4) is 0 Å². The van der Waals surface area contributed by atoms with Crippen LogP contribution in [0.1, 0.15) is 10.4 Å². The van der Waals surface area contributed by atoms with Gasteiger partial charge in [0.2, 0.25) is 10.0 Å². The van der Waals surface area contributed by atoms with Gasteiger partial charge in [-0.15, -0.1) is 13.2 Å². The first-order valence-corrected chi connectivity index (χ1v) is 9.64. The van der Waals surface area contributed by atoms with Crippen molar-refractivity contribution in [1.29, 1.82) is 0 Å². The number of methoxy groups -OCH3 is 1. The van der Waals surface area contributed by atoms with Crippen LogP contribution in [0.2, 0.25) is 0 Å². The Morgan fingerprint density at radius 1 is 1.07 bits per heavy atom. The average molecular weight is 386 g/mol. The van der Waals surface area contributed by atoms with Crippen LogP contribution < -0.4 is 10.1 Å². The fraction of sp³-hybridized carbons (Fsp3) is 0.150. The fourth-order valence-corrected chi connectivity index (χ4v) is 3.83. The van der Waals surface area contributed by atoms with E-state index in [0.29, 0.717) is 17.0 Å². The van der Waals surface area contributed by atoms with Crippen molar-refractivity contribution in [1.82, 2.24) is 4.31 Å². The third kappa shape index (κ3) is 4.84. The van der Waals surface area contributed by atoms with Crippen LogP contribution in [-0.4, -0.2) is 38.8 Å². The Morgan fingerprint density at radius 3 is 2.22 bits per heavy atom. The maximum Gasteiger partial charge on any atom is 0.259 e. The third-order valence-electron chi connectivity index (χ3n) is 3.77. The molecule has 0 saturated heterocycles. The van der Waals surface area contributed by atoms with E-state index in [9.17, 15) is 13.2 Å². The highest BCUT2D eigenvalue weighted by atomic mass is 32.2. The minimum Gasteiger partial charge on any atom is -0.496 e. The Kier molecular flexibility index (Phi) is 6.92. The number of carbonyl (C=O) groups excluding carboxylic acids is 1. The molecule has 0 aliphatic rings. The fourth-order valence-electron chi connectivity index (χ4n) is 2.45. The molecule has 0 atom stereocenters. The molecule has 0 saturated carbocycles. The van der Waals surface area contributed by atoms with Gasteiger partial charge in [0.05, 0.1) is 17.6 Å². The summed E-state index contributed by atoms with van der Waals surface area (Å²) in [5.74, 6) is 0.113. The second-order valence-electron chi connectivity index (χ2n) is 5.58. The number of hydrogen-bond donors (Lipinski definition) is 1. The van der Waals surface area contributed by atoms with E-state index in [1.165, 1.54) is 35.7 Å². The van der Waals surface area contributed by atoms with Gasteiger partial charge >= 0.3 is 0 Å². The van der Waals surface area contributed by atoms with E-state index in [1.54, 1.807) is 36.4 Å². The maximum absolute atomic E-state index is 12.7. The quantitative estimate of drug-likeness (QED) is 0.671. The standard InChI is InChI=1S/C20H22N2O4S/c1-4-14-22(15-5-2)27(24,25)17-12-10-16(11-13-17)21-20(23)18-8-6-7-9-19(18)26-3/h4-13H,1-2,14-15H2,3H3,(H,21,23). The summed E-state index contributed by atoms with van der Waals surface area (Å²) in [5.41, 5.74) is 0.865. The SMILES string of the molecule is C=CCN(CC=C)S(=O)(=O)c1ccc(NC(=O)c2ccccc2OC)cc1. The molecular formula is C20H22N2O4S. The Morgan fingerprint density at radius 2 is 1.67 bits per heavy atom. The monoisotopic (exact) mass is 386 g/mol. The molecule has 0 unspecified atom stereocenters. The summed E-state index contributed by atoms with van der Waals surface area (Å²) in [6, 6.07) is 12.8. The molecule has 0 heterocycles. The van der Waals surface area contributed by atoms with Crippen molar-refractivity contribution in [3.8, 4) is 5.75 Å². The highest BCUT2D eigenvalue weighted by molar-refractivity contribution is 7.89. The van der Waals surface area contributed by atoms with Crippen LogP contribution >= 0.6 is 0 Å². The summed E-state index contributed by atoms with van der Waals surface area (Å²) in [4.78, 5) is 12.5. The first-order chi connectivity index (χ1) is 12.9. The van der Waals surface area contributed by atoms with Gasteiger partial charge in [-0.25, -0.2) is 8.42 Å².